The zero-order valence-electron chi connectivity index (χ0n) is 8.45. The van der Waals surface area contributed by atoms with Gasteiger partial charge < -0.3 is 11.1 Å². The highest BCUT2D eigenvalue weighted by Gasteiger charge is 2.23. The van der Waals surface area contributed by atoms with Gasteiger partial charge >= 0.3 is 0 Å². The molecule has 1 aliphatic rings. The minimum absolute atomic E-state index is 0.354. The molecule has 0 atom stereocenters. The lowest BCUT2D eigenvalue weighted by Gasteiger charge is -2.04. The van der Waals surface area contributed by atoms with E-state index in [-0.39, 0.29) is 0 Å². The maximum Gasteiger partial charge on any atom is 0.223 e. The van der Waals surface area contributed by atoms with E-state index < -0.39 is 0 Å². The van der Waals surface area contributed by atoms with Crippen LogP contribution in [0.3, 0.4) is 0 Å². The quantitative estimate of drug-likeness (QED) is 0.814. The van der Waals surface area contributed by atoms with Gasteiger partial charge in [0, 0.05) is 10.9 Å². The van der Waals surface area contributed by atoms with Crippen molar-refractivity contribution in [1.82, 2.24) is 9.97 Å². The molecule has 78 valence electrons. The first-order valence-corrected chi connectivity index (χ1v) is 5.84. The number of rotatable bonds is 2. The molecule has 0 aliphatic heterocycles. The van der Waals surface area contributed by atoms with Crippen LogP contribution in [0.15, 0.2) is 6.07 Å². The first-order chi connectivity index (χ1) is 7.22. The highest BCUT2D eigenvalue weighted by molar-refractivity contribution is 7.18. The van der Waals surface area contributed by atoms with Gasteiger partial charge in [0.2, 0.25) is 5.95 Å². The van der Waals surface area contributed by atoms with Gasteiger partial charge in [0.15, 0.2) is 0 Å². The Bertz CT molecular complexity index is 515. The second-order valence-electron chi connectivity index (χ2n) is 3.92. The third kappa shape index (κ3) is 1.63. The Balaban J connectivity index is 2.15. The molecule has 2 aromatic heterocycles. The van der Waals surface area contributed by atoms with Gasteiger partial charge in [0.1, 0.15) is 10.6 Å². The predicted molar refractivity (Wildman–Crippen MR) is 63.2 cm³/mol. The van der Waals surface area contributed by atoms with Gasteiger partial charge in [-0.2, -0.15) is 4.98 Å². The second-order valence-corrected chi connectivity index (χ2v) is 5.16. The molecule has 0 amide bonds. The molecule has 4 nitrogen and oxygen atoms in total. The number of nitrogens with one attached hydrogen (secondary N) is 1. The summed E-state index contributed by atoms with van der Waals surface area (Å²) in [4.78, 5) is 10.7. The molecule has 0 radical (unpaired) electrons. The van der Waals surface area contributed by atoms with E-state index in [1.54, 1.807) is 11.3 Å². The lowest BCUT2D eigenvalue weighted by atomic mass is 10.3. The van der Waals surface area contributed by atoms with Crippen LogP contribution in [0.5, 0.6) is 0 Å². The maximum atomic E-state index is 5.67. The van der Waals surface area contributed by atoms with Crippen LogP contribution in [-0.2, 0) is 0 Å². The van der Waals surface area contributed by atoms with Gasteiger partial charge in [0.25, 0.3) is 0 Å². The monoisotopic (exact) mass is 220 g/mol. The minimum Gasteiger partial charge on any atom is -0.368 e. The standard InChI is InChI=1S/C10H12N4S/c1-5-4-7-8(12-6-2-3-6)13-10(11)14-9(7)15-5/h4,6H,2-3H2,1H3,(H3,11,12,13,14). The molecular formula is C10H12N4S. The van der Waals surface area contributed by atoms with Crippen molar-refractivity contribution >= 4 is 33.3 Å². The number of nitrogens with zero attached hydrogens (tertiary/aromatic N) is 2. The molecule has 15 heavy (non-hydrogen) atoms. The predicted octanol–water partition coefficient (Wildman–Crippen LogP) is 2.16. The summed E-state index contributed by atoms with van der Waals surface area (Å²) < 4.78 is 0. The van der Waals surface area contributed by atoms with Gasteiger partial charge in [-0.1, -0.05) is 0 Å². The Labute approximate surface area is 91.5 Å². The smallest absolute Gasteiger partial charge is 0.223 e. The van der Waals surface area contributed by atoms with E-state index in [0.29, 0.717) is 12.0 Å². The summed E-state index contributed by atoms with van der Waals surface area (Å²) in [5.41, 5.74) is 5.67. The molecule has 1 saturated carbocycles. The van der Waals surface area contributed by atoms with Crippen LogP contribution in [0.2, 0.25) is 0 Å². The summed E-state index contributed by atoms with van der Waals surface area (Å²) in [5, 5.41) is 4.48. The Kier molecular flexibility index (Phi) is 1.82. The Morgan fingerprint density at radius 2 is 2.27 bits per heavy atom. The third-order valence-electron chi connectivity index (χ3n) is 2.45. The molecule has 1 aliphatic carbocycles. The first-order valence-electron chi connectivity index (χ1n) is 5.02. The van der Waals surface area contributed by atoms with E-state index in [0.717, 1.165) is 16.0 Å². The molecule has 1 fully saturated rings. The largest absolute Gasteiger partial charge is 0.368 e. The summed E-state index contributed by atoms with van der Waals surface area (Å²) in [5.74, 6) is 1.25. The van der Waals surface area contributed by atoms with Gasteiger partial charge in [-0.05, 0) is 25.8 Å². The molecule has 0 spiro atoms. The molecule has 2 heterocycles. The Hall–Kier alpha value is -1.36. The highest BCUT2D eigenvalue weighted by atomic mass is 32.1. The molecule has 0 saturated heterocycles. The zero-order valence-corrected chi connectivity index (χ0v) is 9.27. The average molecular weight is 220 g/mol. The minimum atomic E-state index is 0.354. The van der Waals surface area contributed by atoms with Crippen molar-refractivity contribution < 1.29 is 0 Å². The first kappa shape index (κ1) is 8.91. The van der Waals surface area contributed by atoms with Crippen molar-refractivity contribution in [2.75, 3.05) is 11.1 Å². The summed E-state index contributed by atoms with van der Waals surface area (Å²) in [6, 6.07) is 2.70. The number of aryl methyl sites for hydroxylation is 1. The fourth-order valence-electron chi connectivity index (χ4n) is 1.59. The van der Waals surface area contributed by atoms with Crippen molar-refractivity contribution in [2.45, 2.75) is 25.8 Å². The number of hydrogen-bond donors (Lipinski definition) is 2. The fourth-order valence-corrected chi connectivity index (χ4v) is 2.48. The molecule has 0 aromatic carbocycles. The molecule has 2 aromatic rings. The molecule has 3 rings (SSSR count). The van der Waals surface area contributed by atoms with E-state index in [9.17, 15) is 0 Å². The summed E-state index contributed by atoms with van der Waals surface area (Å²) in [6.07, 6.45) is 2.46. The molecule has 5 heteroatoms. The summed E-state index contributed by atoms with van der Waals surface area (Å²) in [6.45, 7) is 2.07. The number of hydrogen-bond acceptors (Lipinski definition) is 5. The van der Waals surface area contributed by atoms with Gasteiger partial charge in [-0.3, -0.25) is 0 Å². The van der Waals surface area contributed by atoms with Crippen LogP contribution in [0.1, 0.15) is 17.7 Å². The van der Waals surface area contributed by atoms with Crippen molar-refractivity contribution in [3.05, 3.63) is 10.9 Å². The van der Waals surface area contributed by atoms with Gasteiger partial charge in [-0.15, -0.1) is 11.3 Å². The number of nitrogen functional groups attached to an aromatic ring is 1. The zero-order chi connectivity index (χ0) is 10.4. The van der Waals surface area contributed by atoms with Crippen molar-refractivity contribution in [3.63, 3.8) is 0 Å². The van der Waals surface area contributed by atoms with Crippen LogP contribution >= 0.6 is 11.3 Å². The van der Waals surface area contributed by atoms with Crippen molar-refractivity contribution in [1.29, 1.82) is 0 Å². The van der Waals surface area contributed by atoms with E-state index in [1.165, 1.54) is 17.7 Å². The fraction of sp³-hybridized carbons (Fsp3) is 0.400. The third-order valence-corrected chi connectivity index (χ3v) is 3.40. The van der Waals surface area contributed by atoms with Crippen LogP contribution in [0, 0.1) is 6.92 Å². The van der Waals surface area contributed by atoms with Crippen molar-refractivity contribution in [2.24, 2.45) is 0 Å². The number of anilines is 2. The Morgan fingerprint density at radius 1 is 1.47 bits per heavy atom. The Morgan fingerprint density at radius 3 is 3.00 bits per heavy atom. The van der Waals surface area contributed by atoms with Crippen LogP contribution < -0.4 is 11.1 Å². The van der Waals surface area contributed by atoms with Crippen molar-refractivity contribution in [3.8, 4) is 0 Å². The second kappa shape index (κ2) is 3.06. The number of nitrogens with two attached hydrogens (primary N) is 1. The molecule has 3 N–H and O–H groups in total. The van der Waals surface area contributed by atoms with E-state index >= 15 is 0 Å². The van der Waals surface area contributed by atoms with E-state index in [4.69, 9.17) is 5.73 Å². The average Bonchev–Trinajstić information content (AvgIpc) is 2.87. The maximum absolute atomic E-state index is 5.67. The van der Waals surface area contributed by atoms with Gasteiger partial charge in [0.05, 0.1) is 5.39 Å². The van der Waals surface area contributed by atoms with Crippen LogP contribution in [0.4, 0.5) is 11.8 Å². The van der Waals surface area contributed by atoms with E-state index in [1.807, 2.05) is 0 Å². The SMILES string of the molecule is Cc1cc2c(NC3CC3)nc(N)nc2s1. The summed E-state index contributed by atoms with van der Waals surface area (Å²) >= 11 is 1.66. The molecule has 0 unspecified atom stereocenters. The van der Waals surface area contributed by atoms with Gasteiger partial charge in [-0.25, -0.2) is 4.98 Å². The number of aromatic nitrogens is 2. The molecular weight excluding hydrogens is 208 g/mol. The van der Waals surface area contributed by atoms with Crippen LogP contribution in [0.25, 0.3) is 10.2 Å². The van der Waals surface area contributed by atoms with E-state index in [2.05, 4.69) is 28.3 Å². The lowest BCUT2D eigenvalue weighted by Crippen LogP contribution is -2.05. The highest BCUT2D eigenvalue weighted by Crippen LogP contribution is 2.32. The topological polar surface area (TPSA) is 63.8 Å². The number of thiophene rings is 1. The normalized spacial score (nSPS) is 15.8. The number of fused-ring (bicyclic) bond motifs is 1. The summed E-state index contributed by atoms with van der Waals surface area (Å²) in [7, 11) is 0. The molecule has 0 bridgehead atoms. The lowest BCUT2D eigenvalue weighted by molar-refractivity contribution is 1.11. The van der Waals surface area contributed by atoms with Crippen LogP contribution in [-0.4, -0.2) is 16.0 Å².